The van der Waals surface area contributed by atoms with Gasteiger partial charge in [-0.05, 0) is 17.7 Å². The molecule has 3 rings (SSSR count). The van der Waals surface area contributed by atoms with Crippen LogP contribution in [0.5, 0.6) is 0 Å². The number of amides is 1. The maximum atomic E-state index is 12.0. The number of hydrogen-bond acceptors (Lipinski definition) is 3. The lowest BCUT2D eigenvalue weighted by atomic mass is 10.2. The topological polar surface area (TPSA) is 58.4 Å². The van der Waals surface area contributed by atoms with Crippen molar-refractivity contribution in [3.63, 3.8) is 0 Å². The van der Waals surface area contributed by atoms with Gasteiger partial charge >= 0.3 is 0 Å². The van der Waals surface area contributed by atoms with Crippen molar-refractivity contribution in [3.05, 3.63) is 71.8 Å². The molecule has 26 heavy (non-hydrogen) atoms. The third-order valence-corrected chi connectivity index (χ3v) is 4.32. The van der Waals surface area contributed by atoms with Crippen LogP contribution in [0.4, 0.5) is 0 Å². The first-order valence-corrected chi connectivity index (χ1v) is 9.12. The lowest BCUT2D eigenvalue weighted by molar-refractivity contribution is -0.121. The van der Waals surface area contributed by atoms with Gasteiger partial charge in [0.1, 0.15) is 5.82 Å². The maximum Gasteiger partial charge on any atom is 0.221 e. The lowest BCUT2D eigenvalue weighted by Gasteiger charge is -2.06. The van der Waals surface area contributed by atoms with Gasteiger partial charge in [0.15, 0.2) is 0 Å². The van der Waals surface area contributed by atoms with E-state index in [0.717, 1.165) is 22.6 Å². The first-order chi connectivity index (χ1) is 12.6. The Balaban J connectivity index is 1.48. The summed E-state index contributed by atoms with van der Waals surface area (Å²) in [6, 6.07) is 16.1. The molecule has 0 spiro atoms. The highest BCUT2D eigenvalue weighted by molar-refractivity contribution is 5.76. The molecule has 5 nitrogen and oxygen atoms in total. The molecule has 0 fully saturated rings. The normalized spacial score (nSPS) is 11.2. The van der Waals surface area contributed by atoms with Crippen LogP contribution in [0, 0.1) is 0 Å². The Morgan fingerprint density at radius 3 is 2.62 bits per heavy atom. The molecule has 2 heterocycles. The molecule has 0 aliphatic rings. The quantitative estimate of drug-likeness (QED) is 0.613. The number of rotatable bonds is 8. The average molecular weight is 350 g/mol. The Morgan fingerprint density at radius 2 is 1.85 bits per heavy atom. The third kappa shape index (κ3) is 4.49. The molecule has 0 bridgehead atoms. The molecule has 0 atom stereocenters. The second-order valence-corrected chi connectivity index (χ2v) is 6.72. The average Bonchev–Trinajstić information content (AvgIpc) is 3.03. The molecule has 2 aromatic heterocycles. The minimum atomic E-state index is 0.0546. The van der Waals surface area contributed by atoms with Crippen molar-refractivity contribution < 1.29 is 4.79 Å². The molecule has 1 amide bonds. The predicted octanol–water partition coefficient (Wildman–Crippen LogP) is 3.25. The number of carbonyl (C=O) groups excluding carboxylic acids is 1. The van der Waals surface area contributed by atoms with Gasteiger partial charge in [0, 0.05) is 38.2 Å². The van der Waals surface area contributed by atoms with Crippen LogP contribution in [0.1, 0.15) is 43.3 Å². The summed E-state index contributed by atoms with van der Waals surface area (Å²) in [7, 11) is 0. The van der Waals surface area contributed by atoms with E-state index < -0.39 is 0 Å². The molecule has 136 valence electrons. The van der Waals surface area contributed by atoms with E-state index in [1.54, 1.807) is 0 Å². The monoisotopic (exact) mass is 350 g/mol. The SMILES string of the molecule is CC(C)c1nc(CNCCC(=O)NCc2ccccc2)c2ccccn12. The molecule has 3 aromatic rings. The molecule has 5 heteroatoms. The van der Waals surface area contributed by atoms with Crippen LogP contribution in [-0.2, 0) is 17.9 Å². The Morgan fingerprint density at radius 1 is 1.08 bits per heavy atom. The van der Waals surface area contributed by atoms with Crippen LogP contribution in [0.25, 0.3) is 5.52 Å². The Labute approximate surface area is 154 Å². The predicted molar refractivity (Wildman–Crippen MR) is 104 cm³/mol. The lowest BCUT2D eigenvalue weighted by Crippen LogP contribution is -2.27. The number of carbonyl (C=O) groups is 1. The molecule has 0 aliphatic carbocycles. The van der Waals surface area contributed by atoms with Crippen LogP contribution >= 0.6 is 0 Å². The molecule has 0 radical (unpaired) electrons. The second kappa shape index (κ2) is 8.63. The van der Waals surface area contributed by atoms with Crippen molar-refractivity contribution in [2.24, 2.45) is 0 Å². The molecule has 1 aromatic carbocycles. The minimum Gasteiger partial charge on any atom is -0.352 e. The maximum absolute atomic E-state index is 12.0. The number of fused-ring (bicyclic) bond motifs is 1. The summed E-state index contributed by atoms with van der Waals surface area (Å²) in [4.78, 5) is 16.7. The van der Waals surface area contributed by atoms with Gasteiger partial charge in [-0.2, -0.15) is 0 Å². The van der Waals surface area contributed by atoms with Gasteiger partial charge in [0.05, 0.1) is 11.2 Å². The van der Waals surface area contributed by atoms with E-state index in [2.05, 4.69) is 41.1 Å². The van der Waals surface area contributed by atoms with E-state index in [9.17, 15) is 4.79 Å². The van der Waals surface area contributed by atoms with Crippen molar-refractivity contribution in [1.82, 2.24) is 20.0 Å². The van der Waals surface area contributed by atoms with Crippen molar-refractivity contribution in [3.8, 4) is 0 Å². The van der Waals surface area contributed by atoms with Crippen LogP contribution in [-0.4, -0.2) is 21.8 Å². The van der Waals surface area contributed by atoms with Gasteiger partial charge < -0.3 is 15.0 Å². The summed E-state index contributed by atoms with van der Waals surface area (Å²) < 4.78 is 2.15. The zero-order chi connectivity index (χ0) is 18.4. The van der Waals surface area contributed by atoms with Crippen LogP contribution in [0.3, 0.4) is 0 Å². The van der Waals surface area contributed by atoms with Gasteiger partial charge in [0.25, 0.3) is 0 Å². The molecule has 0 saturated heterocycles. The fourth-order valence-corrected chi connectivity index (χ4v) is 2.96. The molecular weight excluding hydrogens is 324 g/mol. The summed E-state index contributed by atoms with van der Waals surface area (Å²) >= 11 is 0. The molecule has 0 aliphatic heterocycles. The largest absolute Gasteiger partial charge is 0.352 e. The number of benzene rings is 1. The standard InChI is InChI=1S/C21H26N4O/c1-16(2)21-24-18(19-10-6-7-13-25(19)21)15-22-12-11-20(26)23-14-17-8-4-3-5-9-17/h3-10,13,16,22H,11-12,14-15H2,1-2H3,(H,23,26). The van der Waals surface area contributed by atoms with Gasteiger partial charge in [-0.15, -0.1) is 0 Å². The Bertz CT molecular complexity index is 855. The third-order valence-electron chi connectivity index (χ3n) is 4.32. The van der Waals surface area contributed by atoms with Gasteiger partial charge in [-0.25, -0.2) is 4.98 Å². The van der Waals surface area contributed by atoms with Crippen LogP contribution in [0.2, 0.25) is 0 Å². The van der Waals surface area contributed by atoms with E-state index in [0.29, 0.717) is 32.0 Å². The van der Waals surface area contributed by atoms with E-state index in [-0.39, 0.29) is 5.91 Å². The summed E-state index contributed by atoms with van der Waals surface area (Å²) in [6.45, 7) is 6.16. The van der Waals surface area contributed by atoms with Crippen molar-refractivity contribution in [2.75, 3.05) is 6.54 Å². The van der Waals surface area contributed by atoms with Crippen molar-refractivity contribution in [1.29, 1.82) is 0 Å². The first kappa shape index (κ1) is 18.1. The highest BCUT2D eigenvalue weighted by atomic mass is 16.1. The fourth-order valence-electron chi connectivity index (χ4n) is 2.96. The van der Waals surface area contributed by atoms with Gasteiger partial charge in [-0.3, -0.25) is 4.79 Å². The molecular formula is C21H26N4O. The van der Waals surface area contributed by atoms with Gasteiger partial charge in [0.2, 0.25) is 5.91 Å². The van der Waals surface area contributed by atoms with E-state index in [1.807, 2.05) is 42.5 Å². The number of imidazole rings is 1. The van der Waals surface area contributed by atoms with E-state index in [4.69, 9.17) is 4.98 Å². The number of aromatic nitrogens is 2. The van der Waals surface area contributed by atoms with Crippen molar-refractivity contribution in [2.45, 2.75) is 39.3 Å². The summed E-state index contributed by atoms with van der Waals surface area (Å²) in [5.41, 5.74) is 3.26. The zero-order valence-corrected chi connectivity index (χ0v) is 15.4. The number of hydrogen-bond donors (Lipinski definition) is 2. The van der Waals surface area contributed by atoms with Crippen LogP contribution in [0.15, 0.2) is 54.7 Å². The molecule has 2 N–H and O–H groups in total. The summed E-state index contributed by atoms with van der Waals surface area (Å²) in [6.07, 6.45) is 2.51. The molecule has 0 saturated carbocycles. The Hall–Kier alpha value is -2.66. The Kier molecular flexibility index (Phi) is 6.02. The highest BCUT2D eigenvalue weighted by Crippen LogP contribution is 2.19. The number of pyridine rings is 1. The zero-order valence-electron chi connectivity index (χ0n) is 15.4. The highest BCUT2D eigenvalue weighted by Gasteiger charge is 2.12. The van der Waals surface area contributed by atoms with E-state index >= 15 is 0 Å². The van der Waals surface area contributed by atoms with E-state index in [1.165, 1.54) is 0 Å². The first-order valence-electron chi connectivity index (χ1n) is 9.12. The molecule has 0 unspecified atom stereocenters. The second-order valence-electron chi connectivity index (χ2n) is 6.72. The number of nitrogens with zero attached hydrogens (tertiary/aromatic N) is 2. The number of nitrogens with one attached hydrogen (secondary N) is 2. The fraction of sp³-hybridized carbons (Fsp3) is 0.333. The smallest absolute Gasteiger partial charge is 0.221 e. The minimum absolute atomic E-state index is 0.0546. The summed E-state index contributed by atoms with van der Waals surface area (Å²) in [5, 5.41) is 6.29. The summed E-state index contributed by atoms with van der Waals surface area (Å²) in [5.74, 6) is 1.49. The van der Waals surface area contributed by atoms with Crippen molar-refractivity contribution >= 4 is 11.4 Å². The van der Waals surface area contributed by atoms with Gasteiger partial charge in [-0.1, -0.05) is 50.2 Å². The van der Waals surface area contributed by atoms with Crippen LogP contribution < -0.4 is 10.6 Å².